The van der Waals surface area contributed by atoms with Gasteiger partial charge >= 0.3 is 0 Å². The highest BCUT2D eigenvalue weighted by atomic mass is 35.5. The summed E-state index contributed by atoms with van der Waals surface area (Å²) in [5.41, 5.74) is 4.81. The number of hydrogen-bond acceptors (Lipinski definition) is 4. The molecule has 2 heterocycles. The van der Waals surface area contributed by atoms with Gasteiger partial charge in [0.15, 0.2) is 0 Å². The van der Waals surface area contributed by atoms with E-state index in [1.54, 1.807) is 18.7 Å². The van der Waals surface area contributed by atoms with E-state index in [1.165, 1.54) is 0 Å². The molecule has 0 bridgehead atoms. The summed E-state index contributed by atoms with van der Waals surface area (Å²) in [6, 6.07) is 1.76. The van der Waals surface area contributed by atoms with Crippen molar-refractivity contribution in [2.45, 2.75) is 18.9 Å². The van der Waals surface area contributed by atoms with E-state index in [-0.39, 0.29) is 6.04 Å². The second-order valence-corrected chi connectivity index (χ2v) is 4.07. The van der Waals surface area contributed by atoms with Crippen molar-refractivity contribution in [3.8, 4) is 0 Å². The molecule has 0 fully saturated rings. The second-order valence-electron chi connectivity index (χ2n) is 3.66. The maximum atomic E-state index is 6.09. The molecule has 2 rings (SSSR count). The van der Waals surface area contributed by atoms with Crippen molar-refractivity contribution in [3.05, 3.63) is 40.9 Å². The fourth-order valence-electron chi connectivity index (χ4n) is 1.81. The van der Waals surface area contributed by atoms with E-state index in [9.17, 15) is 0 Å². The van der Waals surface area contributed by atoms with E-state index in [1.807, 2.05) is 6.07 Å². The van der Waals surface area contributed by atoms with Crippen molar-refractivity contribution in [2.24, 2.45) is 5.84 Å². The highest BCUT2D eigenvalue weighted by molar-refractivity contribution is 6.31. The smallest absolute Gasteiger partial charge is 0.0876 e. The van der Waals surface area contributed by atoms with Gasteiger partial charge in [-0.2, -0.15) is 0 Å². The minimum Gasteiger partial charge on any atom is -0.501 e. The molecule has 86 valence electrons. The van der Waals surface area contributed by atoms with Crippen LogP contribution in [0.1, 0.15) is 24.4 Å². The van der Waals surface area contributed by atoms with Crippen molar-refractivity contribution in [3.63, 3.8) is 0 Å². The van der Waals surface area contributed by atoms with Crippen molar-refractivity contribution in [1.29, 1.82) is 0 Å². The summed E-state index contributed by atoms with van der Waals surface area (Å²) in [6.45, 7) is 0.769. The lowest BCUT2D eigenvalue weighted by Gasteiger charge is -2.23. The van der Waals surface area contributed by atoms with Gasteiger partial charge in [-0.3, -0.25) is 10.8 Å². The number of nitrogens with zero attached hydrogens (tertiary/aromatic N) is 1. The number of rotatable bonds is 3. The Morgan fingerprint density at radius 3 is 3.06 bits per heavy atom. The summed E-state index contributed by atoms with van der Waals surface area (Å²) in [7, 11) is 0. The average molecular weight is 240 g/mol. The van der Waals surface area contributed by atoms with Crippen LogP contribution in [0.2, 0.25) is 5.02 Å². The zero-order valence-electron chi connectivity index (χ0n) is 8.82. The van der Waals surface area contributed by atoms with Gasteiger partial charge in [-0.05, 0) is 30.0 Å². The molecule has 1 unspecified atom stereocenters. The van der Waals surface area contributed by atoms with Gasteiger partial charge in [0.25, 0.3) is 0 Å². The Hall–Kier alpha value is -1.10. The van der Waals surface area contributed by atoms with Crippen LogP contribution >= 0.6 is 11.6 Å². The molecule has 16 heavy (non-hydrogen) atoms. The van der Waals surface area contributed by atoms with Crippen molar-refractivity contribution < 1.29 is 4.74 Å². The zero-order chi connectivity index (χ0) is 11.4. The number of ether oxygens (including phenoxy) is 1. The molecule has 1 aromatic heterocycles. The Labute approximate surface area is 99.4 Å². The molecule has 0 spiro atoms. The molecular formula is C11H14ClN3O. The van der Waals surface area contributed by atoms with Crippen LogP contribution in [-0.4, -0.2) is 11.6 Å². The number of pyridine rings is 1. The molecule has 4 nitrogen and oxygen atoms in total. The normalized spacial score (nSPS) is 17.5. The van der Waals surface area contributed by atoms with Crippen LogP contribution in [0.15, 0.2) is 30.3 Å². The summed E-state index contributed by atoms with van der Waals surface area (Å²) in [6.07, 6.45) is 7.06. The minimum absolute atomic E-state index is 0.101. The van der Waals surface area contributed by atoms with E-state index < -0.39 is 0 Å². The largest absolute Gasteiger partial charge is 0.501 e. The average Bonchev–Trinajstić information content (AvgIpc) is 2.34. The van der Waals surface area contributed by atoms with Gasteiger partial charge in [0.05, 0.1) is 23.9 Å². The third-order valence-corrected chi connectivity index (χ3v) is 2.93. The first-order chi connectivity index (χ1) is 7.83. The first kappa shape index (κ1) is 11.4. The first-order valence-corrected chi connectivity index (χ1v) is 5.57. The number of hydrazine groups is 1. The molecule has 1 aromatic rings. The van der Waals surface area contributed by atoms with Crippen LogP contribution in [0.3, 0.4) is 0 Å². The van der Waals surface area contributed by atoms with Crippen LogP contribution in [0.5, 0.6) is 0 Å². The zero-order valence-corrected chi connectivity index (χ0v) is 9.57. The molecule has 0 amide bonds. The lowest BCUT2D eigenvalue weighted by molar-refractivity contribution is 0.219. The molecule has 0 aliphatic carbocycles. The third kappa shape index (κ3) is 2.35. The lowest BCUT2D eigenvalue weighted by Crippen LogP contribution is -2.30. The SMILES string of the molecule is NNC(C1=COCCC1)c1ccncc1Cl. The molecular weight excluding hydrogens is 226 g/mol. The summed E-state index contributed by atoms with van der Waals surface area (Å²) >= 11 is 6.09. The van der Waals surface area contributed by atoms with Crippen LogP contribution in [0, 0.1) is 0 Å². The number of nitrogens with one attached hydrogen (secondary N) is 1. The molecule has 1 aliphatic heterocycles. The van der Waals surface area contributed by atoms with Gasteiger partial charge in [-0.1, -0.05) is 11.6 Å². The Morgan fingerprint density at radius 2 is 2.44 bits per heavy atom. The topological polar surface area (TPSA) is 60.2 Å². The van der Waals surface area contributed by atoms with Gasteiger partial charge in [0, 0.05) is 12.4 Å². The quantitative estimate of drug-likeness (QED) is 0.625. The first-order valence-electron chi connectivity index (χ1n) is 5.19. The van der Waals surface area contributed by atoms with Crippen LogP contribution in [0.4, 0.5) is 0 Å². The molecule has 1 atom stereocenters. The number of halogens is 1. The summed E-state index contributed by atoms with van der Waals surface area (Å²) in [4.78, 5) is 3.96. The second kappa shape index (κ2) is 5.30. The Kier molecular flexibility index (Phi) is 3.77. The van der Waals surface area contributed by atoms with Gasteiger partial charge in [0.2, 0.25) is 0 Å². The summed E-state index contributed by atoms with van der Waals surface area (Å²) in [5.74, 6) is 5.58. The molecule has 0 saturated carbocycles. The van der Waals surface area contributed by atoms with Gasteiger partial charge < -0.3 is 4.74 Å². The Balaban J connectivity index is 2.28. The fraction of sp³-hybridized carbons (Fsp3) is 0.364. The monoisotopic (exact) mass is 239 g/mol. The van der Waals surface area contributed by atoms with Crippen molar-refractivity contribution in [1.82, 2.24) is 10.4 Å². The predicted molar refractivity (Wildman–Crippen MR) is 62.6 cm³/mol. The van der Waals surface area contributed by atoms with Crippen molar-refractivity contribution >= 4 is 11.6 Å². The third-order valence-electron chi connectivity index (χ3n) is 2.61. The van der Waals surface area contributed by atoms with Crippen molar-refractivity contribution in [2.75, 3.05) is 6.61 Å². The minimum atomic E-state index is -0.101. The highest BCUT2D eigenvalue weighted by Gasteiger charge is 2.19. The van der Waals surface area contributed by atoms with E-state index in [0.717, 1.165) is 30.6 Å². The van der Waals surface area contributed by atoms with Gasteiger partial charge in [0.1, 0.15) is 0 Å². The fourth-order valence-corrected chi connectivity index (χ4v) is 2.04. The van der Waals surface area contributed by atoms with E-state index >= 15 is 0 Å². The van der Waals surface area contributed by atoms with Gasteiger partial charge in [-0.25, -0.2) is 5.43 Å². The maximum absolute atomic E-state index is 6.09. The molecule has 1 aliphatic rings. The standard InChI is InChI=1S/C11H14ClN3O/c12-10-6-14-4-3-9(10)11(15-13)8-2-1-5-16-7-8/h3-4,6-7,11,15H,1-2,5,13H2. The van der Waals surface area contributed by atoms with Crippen LogP contribution in [-0.2, 0) is 4.74 Å². The van der Waals surface area contributed by atoms with Crippen LogP contribution in [0.25, 0.3) is 0 Å². The molecule has 0 saturated heterocycles. The molecule has 0 aromatic carbocycles. The van der Waals surface area contributed by atoms with Crippen LogP contribution < -0.4 is 11.3 Å². The van der Waals surface area contributed by atoms with E-state index in [4.69, 9.17) is 22.2 Å². The lowest BCUT2D eigenvalue weighted by atomic mass is 9.96. The highest BCUT2D eigenvalue weighted by Crippen LogP contribution is 2.30. The molecule has 0 radical (unpaired) electrons. The number of aromatic nitrogens is 1. The maximum Gasteiger partial charge on any atom is 0.0876 e. The molecule has 5 heteroatoms. The van der Waals surface area contributed by atoms with Gasteiger partial charge in [-0.15, -0.1) is 0 Å². The summed E-state index contributed by atoms with van der Waals surface area (Å²) < 4.78 is 5.31. The van der Waals surface area contributed by atoms with E-state index in [0.29, 0.717) is 5.02 Å². The summed E-state index contributed by atoms with van der Waals surface area (Å²) in [5, 5.41) is 0.608. The number of nitrogens with two attached hydrogens (primary N) is 1. The number of hydrogen-bond donors (Lipinski definition) is 2. The predicted octanol–water partition coefficient (Wildman–Crippen LogP) is 1.93. The Bertz CT molecular complexity index is 395. The molecule has 3 N–H and O–H groups in total. The Morgan fingerprint density at radius 1 is 1.56 bits per heavy atom. The van der Waals surface area contributed by atoms with E-state index in [2.05, 4.69) is 10.4 Å².